The van der Waals surface area contributed by atoms with Crippen molar-refractivity contribution in [3.63, 3.8) is 0 Å². The first-order chi connectivity index (χ1) is 7.13. The third kappa shape index (κ3) is 1.45. The number of carboxylic acid groups (broad SMARTS) is 1. The standard InChI is InChI=1S/C10H9FN2O2/c1-2-7-9(10(14)15)13-4-3-6(11)5-8(13)12-7/h3-5H,2H2,1H3,(H,14,15). The second-order valence-corrected chi connectivity index (χ2v) is 3.14. The first kappa shape index (κ1) is 9.64. The van der Waals surface area contributed by atoms with Crippen LogP contribution < -0.4 is 0 Å². The van der Waals surface area contributed by atoms with Crippen molar-refractivity contribution < 1.29 is 14.3 Å². The van der Waals surface area contributed by atoms with Gasteiger partial charge in [-0.1, -0.05) is 6.92 Å². The van der Waals surface area contributed by atoms with Gasteiger partial charge in [0.15, 0.2) is 5.69 Å². The van der Waals surface area contributed by atoms with Crippen molar-refractivity contribution in [3.8, 4) is 0 Å². The number of rotatable bonds is 2. The molecule has 2 rings (SSSR count). The molecular formula is C10H9FN2O2. The fraction of sp³-hybridized carbons (Fsp3) is 0.200. The van der Waals surface area contributed by atoms with Gasteiger partial charge in [0.1, 0.15) is 11.5 Å². The quantitative estimate of drug-likeness (QED) is 0.817. The number of carbonyl (C=O) groups is 1. The molecule has 2 heterocycles. The van der Waals surface area contributed by atoms with Gasteiger partial charge >= 0.3 is 5.97 Å². The number of nitrogens with zero attached hydrogens (tertiary/aromatic N) is 2. The Balaban J connectivity index is 2.80. The molecule has 0 saturated carbocycles. The zero-order valence-electron chi connectivity index (χ0n) is 8.07. The van der Waals surface area contributed by atoms with Crippen molar-refractivity contribution in [1.82, 2.24) is 9.38 Å². The van der Waals surface area contributed by atoms with Crippen molar-refractivity contribution in [1.29, 1.82) is 0 Å². The Bertz CT molecular complexity index is 533. The molecule has 0 spiro atoms. The van der Waals surface area contributed by atoms with E-state index >= 15 is 0 Å². The zero-order chi connectivity index (χ0) is 11.0. The lowest BCUT2D eigenvalue weighted by molar-refractivity contribution is 0.0688. The highest BCUT2D eigenvalue weighted by atomic mass is 19.1. The maximum absolute atomic E-state index is 12.9. The summed E-state index contributed by atoms with van der Waals surface area (Å²) in [6.07, 6.45) is 1.88. The minimum Gasteiger partial charge on any atom is -0.477 e. The molecule has 0 aromatic carbocycles. The molecule has 1 N–H and O–H groups in total. The Morgan fingerprint density at radius 1 is 1.67 bits per heavy atom. The summed E-state index contributed by atoms with van der Waals surface area (Å²) in [6.45, 7) is 1.81. The van der Waals surface area contributed by atoms with Gasteiger partial charge in [0.05, 0.1) is 5.69 Å². The molecule has 0 unspecified atom stereocenters. The lowest BCUT2D eigenvalue weighted by Crippen LogP contribution is -2.04. The highest BCUT2D eigenvalue weighted by Gasteiger charge is 2.16. The fourth-order valence-electron chi connectivity index (χ4n) is 1.54. The first-order valence-electron chi connectivity index (χ1n) is 4.53. The van der Waals surface area contributed by atoms with Crippen molar-refractivity contribution >= 4 is 11.6 Å². The Labute approximate surface area is 85.0 Å². The molecule has 78 valence electrons. The summed E-state index contributed by atoms with van der Waals surface area (Å²) in [4.78, 5) is 15.0. The van der Waals surface area contributed by atoms with Crippen LogP contribution in [0.3, 0.4) is 0 Å². The SMILES string of the molecule is CCc1nc2cc(F)ccn2c1C(=O)O. The van der Waals surface area contributed by atoms with Crippen LogP contribution in [0.15, 0.2) is 18.3 Å². The zero-order valence-corrected chi connectivity index (χ0v) is 8.07. The number of halogens is 1. The Kier molecular flexibility index (Phi) is 2.15. The predicted octanol–water partition coefficient (Wildman–Crippen LogP) is 1.73. The number of aryl methyl sites for hydroxylation is 1. The fourth-order valence-corrected chi connectivity index (χ4v) is 1.54. The molecule has 0 aliphatic carbocycles. The largest absolute Gasteiger partial charge is 0.477 e. The highest BCUT2D eigenvalue weighted by molar-refractivity contribution is 5.88. The number of hydrogen-bond donors (Lipinski definition) is 1. The van der Waals surface area contributed by atoms with Crippen molar-refractivity contribution in [2.75, 3.05) is 0 Å². The van der Waals surface area contributed by atoms with E-state index in [4.69, 9.17) is 5.11 Å². The van der Waals surface area contributed by atoms with Gasteiger partial charge in [-0.05, 0) is 12.5 Å². The van der Waals surface area contributed by atoms with Crippen LogP contribution in [0.25, 0.3) is 5.65 Å². The molecule has 0 radical (unpaired) electrons. The number of hydrogen-bond acceptors (Lipinski definition) is 2. The van der Waals surface area contributed by atoms with E-state index in [2.05, 4.69) is 4.98 Å². The molecule has 0 bridgehead atoms. The van der Waals surface area contributed by atoms with Crippen molar-refractivity contribution in [2.45, 2.75) is 13.3 Å². The maximum Gasteiger partial charge on any atom is 0.354 e. The van der Waals surface area contributed by atoms with Gasteiger partial charge in [0, 0.05) is 12.3 Å². The van der Waals surface area contributed by atoms with E-state index in [-0.39, 0.29) is 5.69 Å². The van der Waals surface area contributed by atoms with Crippen molar-refractivity contribution in [2.24, 2.45) is 0 Å². The smallest absolute Gasteiger partial charge is 0.354 e. The molecule has 0 saturated heterocycles. The normalized spacial score (nSPS) is 10.8. The highest BCUT2D eigenvalue weighted by Crippen LogP contribution is 2.14. The van der Waals surface area contributed by atoms with Crippen LogP contribution in [0.2, 0.25) is 0 Å². The second kappa shape index (κ2) is 3.34. The van der Waals surface area contributed by atoms with Crippen LogP contribution in [0.4, 0.5) is 4.39 Å². The summed E-state index contributed by atoms with van der Waals surface area (Å²) < 4.78 is 14.3. The van der Waals surface area contributed by atoms with Gasteiger partial charge in [-0.2, -0.15) is 0 Å². The van der Waals surface area contributed by atoms with Gasteiger partial charge in [-0.3, -0.25) is 4.40 Å². The van der Waals surface area contributed by atoms with E-state index in [1.54, 1.807) is 0 Å². The third-order valence-corrected chi connectivity index (χ3v) is 2.20. The number of aromatic carboxylic acids is 1. The summed E-state index contributed by atoms with van der Waals surface area (Å²) in [5.41, 5.74) is 0.893. The lowest BCUT2D eigenvalue weighted by atomic mass is 10.2. The Morgan fingerprint density at radius 2 is 2.40 bits per heavy atom. The van der Waals surface area contributed by atoms with Crippen LogP contribution in [-0.4, -0.2) is 20.5 Å². The molecule has 2 aromatic rings. The van der Waals surface area contributed by atoms with E-state index in [1.165, 1.54) is 22.7 Å². The van der Waals surface area contributed by atoms with Gasteiger partial charge in [-0.25, -0.2) is 14.2 Å². The molecule has 0 amide bonds. The molecule has 0 aliphatic rings. The molecule has 4 nitrogen and oxygen atoms in total. The molecule has 0 aliphatic heterocycles. The van der Waals surface area contributed by atoms with E-state index in [9.17, 15) is 9.18 Å². The van der Waals surface area contributed by atoms with Crippen LogP contribution in [0.1, 0.15) is 23.1 Å². The molecule has 0 atom stereocenters. The van der Waals surface area contributed by atoms with E-state index in [0.29, 0.717) is 17.8 Å². The minimum atomic E-state index is -1.05. The van der Waals surface area contributed by atoms with Crippen LogP contribution in [0.5, 0.6) is 0 Å². The third-order valence-electron chi connectivity index (χ3n) is 2.20. The van der Waals surface area contributed by atoms with Gasteiger partial charge in [0.2, 0.25) is 0 Å². The molecule has 5 heteroatoms. The van der Waals surface area contributed by atoms with Gasteiger partial charge in [0.25, 0.3) is 0 Å². The number of pyridine rings is 1. The average Bonchev–Trinajstić information content (AvgIpc) is 2.54. The molecule has 15 heavy (non-hydrogen) atoms. The van der Waals surface area contributed by atoms with Crippen LogP contribution in [-0.2, 0) is 6.42 Å². The van der Waals surface area contributed by atoms with Gasteiger partial charge in [-0.15, -0.1) is 0 Å². The Hall–Kier alpha value is -1.91. The van der Waals surface area contributed by atoms with Crippen LogP contribution >= 0.6 is 0 Å². The minimum absolute atomic E-state index is 0.104. The van der Waals surface area contributed by atoms with E-state index in [1.807, 2.05) is 6.92 Å². The molecular weight excluding hydrogens is 199 g/mol. The monoisotopic (exact) mass is 208 g/mol. The molecule has 2 aromatic heterocycles. The first-order valence-corrected chi connectivity index (χ1v) is 4.53. The average molecular weight is 208 g/mol. The number of carboxylic acids is 1. The number of fused-ring (bicyclic) bond motifs is 1. The van der Waals surface area contributed by atoms with Crippen molar-refractivity contribution in [3.05, 3.63) is 35.5 Å². The second-order valence-electron chi connectivity index (χ2n) is 3.14. The number of aromatic nitrogens is 2. The predicted molar refractivity (Wildman–Crippen MR) is 51.5 cm³/mol. The summed E-state index contributed by atoms with van der Waals surface area (Å²) in [5.74, 6) is -1.47. The summed E-state index contributed by atoms with van der Waals surface area (Å²) in [7, 11) is 0. The van der Waals surface area contributed by atoms with Gasteiger partial charge < -0.3 is 5.11 Å². The Morgan fingerprint density at radius 3 is 3.00 bits per heavy atom. The molecule has 0 fully saturated rings. The van der Waals surface area contributed by atoms with E-state index in [0.717, 1.165) is 0 Å². The lowest BCUT2D eigenvalue weighted by Gasteiger charge is -1.97. The summed E-state index contributed by atoms with van der Waals surface area (Å²) in [5, 5.41) is 9.00. The topological polar surface area (TPSA) is 54.6 Å². The number of imidazole rings is 1. The maximum atomic E-state index is 12.9. The van der Waals surface area contributed by atoms with E-state index < -0.39 is 11.8 Å². The summed E-state index contributed by atoms with van der Waals surface area (Å²) in [6, 6.07) is 2.42. The van der Waals surface area contributed by atoms with Crippen LogP contribution in [0, 0.1) is 5.82 Å². The summed E-state index contributed by atoms with van der Waals surface area (Å²) >= 11 is 0.